The predicted molar refractivity (Wildman–Crippen MR) is 81.8 cm³/mol. The summed E-state index contributed by atoms with van der Waals surface area (Å²) < 4.78 is 7.52. The number of nitrogens with zero attached hydrogens (tertiary/aromatic N) is 3. The highest BCUT2D eigenvalue weighted by Crippen LogP contribution is 2.35. The maximum atomic E-state index is 12.8. The lowest BCUT2D eigenvalue weighted by Gasteiger charge is -2.25. The van der Waals surface area contributed by atoms with Gasteiger partial charge in [0.15, 0.2) is 0 Å². The van der Waals surface area contributed by atoms with Gasteiger partial charge < -0.3 is 14.7 Å². The van der Waals surface area contributed by atoms with E-state index in [4.69, 9.17) is 4.74 Å². The number of aryl methyl sites for hydroxylation is 1. The van der Waals surface area contributed by atoms with Crippen LogP contribution >= 0.6 is 0 Å². The maximum Gasteiger partial charge on any atom is 0.272 e. The minimum atomic E-state index is -0.596. The minimum Gasteiger partial charge on any atom is -0.388 e. The van der Waals surface area contributed by atoms with Crippen LogP contribution in [-0.4, -0.2) is 57.1 Å². The molecule has 1 aromatic rings. The molecule has 0 saturated carbocycles. The van der Waals surface area contributed by atoms with E-state index in [0.29, 0.717) is 31.9 Å². The quantitative estimate of drug-likeness (QED) is 0.916. The minimum absolute atomic E-state index is 0.0623. The van der Waals surface area contributed by atoms with Crippen molar-refractivity contribution >= 4 is 5.91 Å². The van der Waals surface area contributed by atoms with E-state index >= 15 is 0 Å². The summed E-state index contributed by atoms with van der Waals surface area (Å²) in [6.07, 6.45) is 1.17. The van der Waals surface area contributed by atoms with E-state index in [0.717, 1.165) is 18.5 Å². The summed E-state index contributed by atoms with van der Waals surface area (Å²) in [6, 6.07) is 1.88. The number of likely N-dealkylation sites (tertiary alicyclic amines) is 1. The molecule has 1 N–H and O–H groups in total. The van der Waals surface area contributed by atoms with Crippen molar-refractivity contribution in [1.82, 2.24) is 14.7 Å². The molecule has 2 fully saturated rings. The molecule has 0 radical (unpaired) electrons. The van der Waals surface area contributed by atoms with Crippen molar-refractivity contribution in [2.75, 3.05) is 19.7 Å². The number of carbonyl (C=O) groups excluding carboxylic acids is 1. The topological polar surface area (TPSA) is 67.6 Å². The number of aliphatic hydroxyl groups is 1. The van der Waals surface area contributed by atoms with E-state index in [9.17, 15) is 9.90 Å². The van der Waals surface area contributed by atoms with Crippen LogP contribution in [0.5, 0.6) is 0 Å². The molecule has 1 spiro atoms. The van der Waals surface area contributed by atoms with Crippen LogP contribution in [0.2, 0.25) is 0 Å². The van der Waals surface area contributed by atoms with Crippen molar-refractivity contribution in [2.24, 2.45) is 0 Å². The molecule has 2 aliphatic rings. The highest BCUT2D eigenvalue weighted by atomic mass is 16.5. The normalized spacial score (nSPS) is 28.2. The van der Waals surface area contributed by atoms with E-state index in [1.807, 2.05) is 13.0 Å². The zero-order valence-electron chi connectivity index (χ0n) is 13.6. The van der Waals surface area contributed by atoms with Crippen molar-refractivity contribution in [3.63, 3.8) is 0 Å². The molecule has 0 unspecified atom stereocenters. The second-order valence-electron chi connectivity index (χ2n) is 6.64. The lowest BCUT2D eigenvalue weighted by atomic mass is 9.97. The Labute approximate surface area is 131 Å². The smallest absolute Gasteiger partial charge is 0.272 e. The number of carbonyl (C=O) groups is 1. The molecule has 2 aliphatic heterocycles. The molecule has 6 nitrogen and oxygen atoms in total. The van der Waals surface area contributed by atoms with Gasteiger partial charge in [0, 0.05) is 19.7 Å². The zero-order chi connectivity index (χ0) is 15.9. The molecule has 1 aromatic heterocycles. The van der Waals surface area contributed by atoms with E-state index in [1.54, 1.807) is 9.58 Å². The average Bonchev–Trinajstić information content (AvgIpc) is 3.19. The fraction of sp³-hybridized carbons (Fsp3) is 0.750. The zero-order valence-corrected chi connectivity index (χ0v) is 13.6. The van der Waals surface area contributed by atoms with Gasteiger partial charge in [-0.2, -0.15) is 5.10 Å². The van der Waals surface area contributed by atoms with Crippen molar-refractivity contribution in [1.29, 1.82) is 0 Å². The number of hydrogen-bond donors (Lipinski definition) is 1. The molecule has 0 bridgehead atoms. The highest BCUT2D eigenvalue weighted by molar-refractivity contribution is 5.93. The Hall–Kier alpha value is -1.40. The summed E-state index contributed by atoms with van der Waals surface area (Å²) in [5, 5.41) is 14.8. The lowest BCUT2D eigenvalue weighted by molar-refractivity contribution is -0.0590. The van der Waals surface area contributed by atoms with Crippen molar-refractivity contribution < 1.29 is 14.6 Å². The summed E-state index contributed by atoms with van der Waals surface area (Å²) in [4.78, 5) is 14.6. The Morgan fingerprint density at radius 3 is 2.95 bits per heavy atom. The molecule has 22 heavy (non-hydrogen) atoms. The summed E-state index contributed by atoms with van der Waals surface area (Å²) in [5.74, 6) is 0.223. The average molecular weight is 307 g/mol. The van der Waals surface area contributed by atoms with Crippen LogP contribution in [-0.2, 0) is 11.3 Å². The summed E-state index contributed by atoms with van der Waals surface area (Å²) >= 11 is 0. The number of ether oxygens (including phenoxy) is 1. The van der Waals surface area contributed by atoms with Crippen LogP contribution in [0.25, 0.3) is 0 Å². The van der Waals surface area contributed by atoms with Crippen LogP contribution < -0.4 is 0 Å². The summed E-state index contributed by atoms with van der Waals surface area (Å²) in [5.41, 5.74) is 0.985. The maximum absolute atomic E-state index is 12.8. The number of hydrogen-bond acceptors (Lipinski definition) is 4. The monoisotopic (exact) mass is 307 g/mol. The van der Waals surface area contributed by atoms with Gasteiger partial charge in [-0.3, -0.25) is 9.48 Å². The van der Waals surface area contributed by atoms with Crippen LogP contribution in [0.3, 0.4) is 0 Å². The summed E-state index contributed by atoms with van der Waals surface area (Å²) in [7, 11) is 0. The molecule has 0 aliphatic carbocycles. The molecular formula is C16H25N3O3. The Balaban J connectivity index is 1.83. The van der Waals surface area contributed by atoms with Gasteiger partial charge in [0.05, 0.1) is 12.2 Å². The fourth-order valence-electron chi connectivity index (χ4n) is 3.42. The van der Waals surface area contributed by atoms with Gasteiger partial charge in [0.1, 0.15) is 17.4 Å². The first kappa shape index (κ1) is 15.5. The number of aromatic nitrogens is 2. The van der Waals surface area contributed by atoms with Gasteiger partial charge in [-0.1, -0.05) is 13.8 Å². The Kier molecular flexibility index (Phi) is 3.99. The first-order valence-corrected chi connectivity index (χ1v) is 8.16. The third kappa shape index (κ3) is 2.44. The van der Waals surface area contributed by atoms with Crippen LogP contribution in [0, 0.1) is 0 Å². The van der Waals surface area contributed by atoms with Crippen molar-refractivity contribution in [2.45, 2.75) is 57.8 Å². The van der Waals surface area contributed by atoms with Crippen LogP contribution in [0.15, 0.2) is 6.07 Å². The van der Waals surface area contributed by atoms with Crippen LogP contribution in [0.1, 0.15) is 55.7 Å². The molecule has 2 atom stereocenters. The van der Waals surface area contributed by atoms with Crippen molar-refractivity contribution in [3.05, 3.63) is 17.5 Å². The standard InChI is InChI=1S/C16H25N3O3/c1-4-19-13(8-12(17-19)11(2)3)15(21)18-9-14(20)16(10-18)6-5-7-22-16/h8,11,14,20H,4-7,9-10H2,1-3H3/t14-,16-/m0/s1. The van der Waals surface area contributed by atoms with Gasteiger partial charge in [0.2, 0.25) is 0 Å². The molecule has 122 valence electrons. The predicted octanol–water partition coefficient (Wildman–Crippen LogP) is 1.39. The van der Waals surface area contributed by atoms with Gasteiger partial charge in [0.25, 0.3) is 5.91 Å². The molecule has 3 rings (SSSR count). The van der Waals surface area contributed by atoms with E-state index < -0.39 is 11.7 Å². The highest BCUT2D eigenvalue weighted by Gasteiger charge is 2.50. The Morgan fingerprint density at radius 1 is 1.59 bits per heavy atom. The lowest BCUT2D eigenvalue weighted by Crippen LogP contribution is -2.41. The number of aliphatic hydroxyl groups excluding tert-OH is 1. The fourth-order valence-corrected chi connectivity index (χ4v) is 3.42. The molecule has 0 aromatic carbocycles. The second-order valence-corrected chi connectivity index (χ2v) is 6.64. The summed E-state index contributed by atoms with van der Waals surface area (Å²) in [6.45, 7) is 8.25. The Bertz CT molecular complexity index is 561. The third-order valence-electron chi connectivity index (χ3n) is 4.79. The van der Waals surface area contributed by atoms with E-state index in [1.165, 1.54) is 0 Å². The van der Waals surface area contributed by atoms with Gasteiger partial charge in [-0.05, 0) is 31.7 Å². The van der Waals surface area contributed by atoms with Gasteiger partial charge in [-0.15, -0.1) is 0 Å². The van der Waals surface area contributed by atoms with E-state index in [2.05, 4.69) is 18.9 Å². The van der Waals surface area contributed by atoms with Crippen LogP contribution in [0.4, 0.5) is 0 Å². The number of rotatable bonds is 3. The largest absolute Gasteiger partial charge is 0.388 e. The van der Waals surface area contributed by atoms with E-state index in [-0.39, 0.29) is 11.8 Å². The van der Waals surface area contributed by atoms with Gasteiger partial charge in [-0.25, -0.2) is 0 Å². The molecule has 3 heterocycles. The number of β-amino-alcohol motifs (C(OH)–C–C–N with tert-alkyl or cyclic N) is 1. The molecule has 6 heteroatoms. The van der Waals surface area contributed by atoms with Gasteiger partial charge >= 0.3 is 0 Å². The first-order chi connectivity index (χ1) is 10.5. The SMILES string of the molecule is CCn1nc(C(C)C)cc1C(=O)N1C[C@H](O)[C@]2(CCCO2)C1. The molecule has 1 amide bonds. The third-order valence-corrected chi connectivity index (χ3v) is 4.79. The molecule has 2 saturated heterocycles. The van der Waals surface area contributed by atoms with Crippen molar-refractivity contribution in [3.8, 4) is 0 Å². The molecular weight excluding hydrogens is 282 g/mol. The second kappa shape index (κ2) is 5.66. The first-order valence-electron chi connectivity index (χ1n) is 8.16. The Morgan fingerprint density at radius 2 is 2.36 bits per heavy atom. The number of amides is 1.